The quantitative estimate of drug-likeness (QED) is 0.298. The maximum Gasteiger partial charge on any atom is 0.234 e. The summed E-state index contributed by atoms with van der Waals surface area (Å²) in [6, 6.07) is 21.2. The summed E-state index contributed by atoms with van der Waals surface area (Å²) < 4.78 is 5.96. The van der Waals surface area contributed by atoms with E-state index in [1.54, 1.807) is 0 Å². The first kappa shape index (κ1) is 21.5. The minimum absolute atomic E-state index is 0.0761. The Balaban J connectivity index is 1.46. The number of hydrogen-bond donors (Lipinski definition) is 1. The van der Waals surface area contributed by atoms with Gasteiger partial charge in [0.1, 0.15) is 5.52 Å². The van der Waals surface area contributed by atoms with Crippen LogP contribution in [0, 0.1) is 0 Å². The maximum absolute atomic E-state index is 12.4. The average molecular weight is 451 g/mol. The monoisotopic (exact) mass is 450 g/mol. The van der Waals surface area contributed by atoms with E-state index in [1.807, 2.05) is 54.6 Å². The van der Waals surface area contributed by atoms with Gasteiger partial charge < -0.3 is 9.73 Å². The number of oxazole rings is 1. The third-order valence-corrected chi connectivity index (χ3v) is 6.43. The van der Waals surface area contributed by atoms with Gasteiger partial charge in [-0.1, -0.05) is 37.6 Å². The fourth-order valence-electron chi connectivity index (χ4n) is 3.22. The number of nitrogens with one attached hydrogen (secondary N) is 1. The van der Waals surface area contributed by atoms with Gasteiger partial charge in [-0.25, -0.2) is 4.98 Å². The van der Waals surface area contributed by atoms with Gasteiger partial charge in [-0.15, -0.1) is 11.8 Å². The van der Waals surface area contributed by atoms with Crippen molar-refractivity contribution >= 4 is 46.1 Å². The van der Waals surface area contributed by atoms with Gasteiger partial charge in [0.25, 0.3) is 0 Å². The molecule has 3 aromatic carbocycles. The van der Waals surface area contributed by atoms with Crippen LogP contribution in [0.15, 0.2) is 76.0 Å². The van der Waals surface area contributed by atoms with Crippen LogP contribution in [0.25, 0.3) is 22.6 Å². The zero-order valence-corrected chi connectivity index (χ0v) is 19.0. The molecule has 0 saturated heterocycles. The Kier molecular flexibility index (Phi) is 6.64. The molecule has 31 heavy (non-hydrogen) atoms. The predicted molar refractivity (Wildman–Crippen MR) is 129 cm³/mol. The van der Waals surface area contributed by atoms with Crippen LogP contribution in [0.5, 0.6) is 0 Å². The molecule has 0 radical (unpaired) electrons. The highest BCUT2D eigenvalue weighted by Crippen LogP contribution is 2.29. The molecule has 6 heteroatoms. The van der Waals surface area contributed by atoms with Crippen molar-refractivity contribution in [2.75, 3.05) is 11.1 Å². The van der Waals surface area contributed by atoms with Crippen molar-refractivity contribution in [2.24, 2.45) is 0 Å². The summed E-state index contributed by atoms with van der Waals surface area (Å²) in [5.41, 5.74) is 4.40. The number of fused-ring (bicyclic) bond motifs is 1. The van der Waals surface area contributed by atoms with E-state index in [0.717, 1.165) is 28.0 Å². The Morgan fingerprint density at radius 3 is 2.71 bits per heavy atom. The van der Waals surface area contributed by atoms with Gasteiger partial charge in [0.15, 0.2) is 5.58 Å². The van der Waals surface area contributed by atoms with Crippen molar-refractivity contribution in [1.82, 2.24) is 4.98 Å². The standard InChI is InChI=1S/C25H23ClN2O2S/c1-3-16(2)17-7-12-23-22(14-17)28-25(30-23)18-5-4-6-20(13-18)27-24(29)15-31-21-10-8-19(26)9-11-21/h4-14,16H,3,15H2,1-2H3,(H,27,29)/t16-/m1/s1. The first-order chi connectivity index (χ1) is 15.0. The van der Waals surface area contributed by atoms with Crippen LogP contribution < -0.4 is 5.32 Å². The van der Waals surface area contributed by atoms with E-state index in [4.69, 9.17) is 16.0 Å². The molecular weight excluding hydrogens is 428 g/mol. The minimum atomic E-state index is -0.0761. The number of thioether (sulfide) groups is 1. The van der Waals surface area contributed by atoms with E-state index in [2.05, 4.69) is 36.3 Å². The van der Waals surface area contributed by atoms with Crippen LogP contribution in [-0.4, -0.2) is 16.6 Å². The predicted octanol–water partition coefficient (Wildman–Crippen LogP) is 7.39. The van der Waals surface area contributed by atoms with Gasteiger partial charge >= 0.3 is 0 Å². The molecule has 0 fully saturated rings. The molecule has 1 aromatic heterocycles. The van der Waals surface area contributed by atoms with Crippen LogP contribution in [0.1, 0.15) is 31.7 Å². The number of halogens is 1. The molecular formula is C25H23ClN2O2S. The molecule has 0 unspecified atom stereocenters. The molecule has 0 bridgehead atoms. The van der Waals surface area contributed by atoms with E-state index in [1.165, 1.54) is 17.3 Å². The van der Waals surface area contributed by atoms with Gasteiger partial charge in [-0.05, 0) is 72.5 Å². The molecule has 0 aliphatic rings. The van der Waals surface area contributed by atoms with Gasteiger partial charge in [0, 0.05) is 21.2 Å². The first-order valence-electron chi connectivity index (χ1n) is 10.2. The highest BCUT2D eigenvalue weighted by Gasteiger charge is 2.12. The molecule has 0 spiro atoms. The summed E-state index contributed by atoms with van der Waals surface area (Å²) in [6.45, 7) is 4.39. The highest BCUT2D eigenvalue weighted by molar-refractivity contribution is 8.00. The lowest BCUT2D eigenvalue weighted by Gasteiger charge is -2.07. The van der Waals surface area contributed by atoms with Crippen molar-refractivity contribution in [3.63, 3.8) is 0 Å². The van der Waals surface area contributed by atoms with Gasteiger partial charge in [0.05, 0.1) is 5.75 Å². The van der Waals surface area contributed by atoms with Crippen molar-refractivity contribution in [3.05, 3.63) is 77.3 Å². The number of anilines is 1. The van der Waals surface area contributed by atoms with Crippen molar-refractivity contribution in [1.29, 1.82) is 0 Å². The molecule has 1 N–H and O–H groups in total. The van der Waals surface area contributed by atoms with Gasteiger partial charge in [-0.2, -0.15) is 0 Å². The van der Waals surface area contributed by atoms with E-state index in [9.17, 15) is 4.79 Å². The maximum atomic E-state index is 12.4. The average Bonchev–Trinajstić information content (AvgIpc) is 3.22. The fraction of sp³-hybridized carbons (Fsp3) is 0.200. The lowest BCUT2D eigenvalue weighted by Crippen LogP contribution is -2.13. The zero-order chi connectivity index (χ0) is 21.8. The van der Waals surface area contributed by atoms with E-state index < -0.39 is 0 Å². The molecule has 1 atom stereocenters. The normalized spacial score (nSPS) is 12.1. The van der Waals surface area contributed by atoms with Crippen molar-refractivity contribution < 1.29 is 9.21 Å². The van der Waals surface area contributed by atoms with Crippen LogP contribution in [-0.2, 0) is 4.79 Å². The van der Waals surface area contributed by atoms with E-state index in [0.29, 0.717) is 28.3 Å². The van der Waals surface area contributed by atoms with Crippen LogP contribution in [0.2, 0.25) is 5.02 Å². The second-order valence-electron chi connectivity index (χ2n) is 7.43. The minimum Gasteiger partial charge on any atom is -0.436 e. The van der Waals surface area contributed by atoms with E-state index >= 15 is 0 Å². The Morgan fingerprint density at radius 1 is 1.13 bits per heavy atom. The second-order valence-corrected chi connectivity index (χ2v) is 8.91. The number of benzene rings is 3. The number of amides is 1. The summed E-state index contributed by atoms with van der Waals surface area (Å²) in [5.74, 6) is 1.26. The SMILES string of the molecule is CC[C@@H](C)c1ccc2oc(-c3cccc(NC(=O)CSc4ccc(Cl)cc4)c3)nc2c1. The molecule has 4 rings (SSSR count). The largest absolute Gasteiger partial charge is 0.436 e. The number of carbonyl (C=O) groups is 1. The second kappa shape index (κ2) is 9.58. The topological polar surface area (TPSA) is 55.1 Å². The smallest absolute Gasteiger partial charge is 0.234 e. The third kappa shape index (κ3) is 5.30. The zero-order valence-electron chi connectivity index (χ0n) is 17.4. The number of hydrogen-bond acceptors (Lipinski definition) is 4. The molecule has 4 aromatic rings. The summed E-state index contributed by atoms with van der Waals surface area (Å²) in [6.07, 6.45) is 1.08. The fourth-order valence-corrected chi connectivity index (χ4v) is 4.04. The van der Waals surface area contributed by atoms with Crippen LogP contribution in [0.4, 0.5) is 5.69 Å². The van der Waals surface area contributed by atoms with Crippen LogP contribution in [0.3, 0.4) is 0 Å². The van der Waals surface area contributed by atoms with E-state index in [-0.39, 0.29) is 5.91 Å². The third-order valence-electron chi connectivity index (χ3n) is 5.17. The Labute approximate surface area is 191 Å². The lowest BCUT2D eigenvalue weighted by atomic mass is 9.98. The molecule has 158 valence electrons. The first-order valence-corrected chi connectivity index (χ1v) is 11.6. The lowest BCUT2D eigenvalue weighted by molar-refractivity contribution is -0.113. The Bertz CT molecular complexity index is 1200. The Morgan fingerprint density at radius 2 is 1.94 bits per heavy atom. The number of carbonyl (C=O) groups excluding carboxylic acids is 1. The molecule has 1 amide bonds. The summed E-state index contributed by atoms with van der Waals surface area (Å²) in [7, 11) is 0. The molecule has 0 saturated carbocycles. The van der Waals surface area contributed by atoms with Gasteiger partial charge in [0.2, 0.25) is 11.8 Å². The molecule has 1 heterocycles. The van der Waals surface area contributed by atoms with Crippen molar-refractivity contribution in [3.8, 4) is 11.5 Å². The van der Waals surface area contributed by atoms with Gasteiger partial charge in [-0.3, -0.25) is 4.79 Å². The summed E-state index contributed by atoms with van der Waals surface area (Å²) in [4.78, 5) is 18.0. The number of nitrogens with zero attached hydrogens (tertiary/aromatic N) is 1. The summed E-state index contributed by atoms with van der Waals surface area (Å²) in [5, 5.41) is 3.63. The summed E-state index contributed by atoms with van der Waals surface area (Å²) >= 11 is 7.36. The van der Waals surface area contributed by atoms with Crippen LogP contribution >= 0.6 is 23.4 Å². The number of rotatable bonds is 7. The Hall–Kier alpha value is -2.76. The molecule has 0 aliphatic carbocycles. The molecule has 0 aliphatic heterocycles. The highest BCUT2D eigenvalue weighted by atomic mass is 35.5. The van der Waals surface area contributed by atoms with Crippen molar-refractivity contribution in [2.45, 2.75) is 31.1 Å². The molecule has 4 nitrogen and oxygen atoms in total. The number of aromatic nitrogens is 1.